The van der Waals surface area contributed by atoms with Crippen LogP contribution in [-0.4, -0.2) is 96.5 Å². The third-order valence-electron chi connectivity index (χ3n) is 8.41. The van der Waals surface area contributed by atoms with E-state index in [0.717, 1.165) is 5.56 Å². The van der Waals surface area contributed by atoms with E-state index in [4.69, 9.17) is 37.6 Å². The van der Waals surface area contributed by atoms with Crippen LogP contribution in [0, 0.1) is 0 Å². The number of benzene rings is 2. The molecular formula is C39H51N7O14P2. The van der Waals surface area contributed by atoms with Gasteiger partial charge in [0.1, 0.15) is 23.6 Å². The number of ether oxygens (including phenoxy) is 1. The number of para-hydroxylation sites is 1. The van der Waals surface area contributed by atoms with Crippen LogP contribution in [-0.2, 0) is 58.7 Å². The predicted molar refractivity (Wildman–Crippen MR) is 224 cm³/mol. The van der Waals surface area contributed by atoms with Crippen LogP contribution >= 0.6 is 15.6 Å². The lowest BCUT2D eigenvalue weighted by Gasteiger charge is -2.25. The number of aliphatic carboxylic acids is 1. The van der Waals surface area contributed by atoms with E-state index in [1.807, 2.05) is 0 Å². The molecule has 4 rings (SSSR count). The average molecular weight is 904 g/mol. The summed E-state index contributed by atoms with van der Waals surface area (Å²) in [4.78, 5) is 64.5. The fraction of sp³-hybridized carbons (Fsp3) is 0.410. The molecule has 1 aliphatic rings. The van der Waals surface area contributed by atoms with Crippen molar-refractivity contribution >= 4 is 56.9 Å². The van der Waals surface area contributed by atoms with Crippen LogP contribution in [0.1, 0.15) is 78.2 Å². The highest BCUT2D eigenvalue weighted by atomic mass is 31.2. The van der Waals surface area contributed by atoms with E-state index < -0.39 is 71.1 Å². The zero-order valence-corrected chi connectivity index (χ0v) is 36.5. The molecule has 0 aliphatic carbocycles. The van der Waals surface area contributed by atoms with Crippen LogP contribution in [0.15, 0.2) is 66.3 Å². The van der Waals surface area contributed by atoms with Gasteiger partial charge in [-0.1, -0.05) is 30.8 Å². The summed E-state index contributed by atoms with van der Waals surface area (Å²) in [5.41, 5.74) is 8.38. The van der Waals surface area contributed by atoms with Crippen molar-refractivity contribution < 1.29 is 65.3 Å². The number of carbonyl (C=O) groups excluding carboxylic acids is 3. The Kier molecular flexibility index (Phi) is 18.9. The zero-order chi connectivity index (χ0) is 45.3. The molecule has 0 spiro atoms. The minimum absolute atomic E-state index is 0.00811. The molecule has 0 saturated heterocycles. The minimum atomic E-state index is -4.17. The average Bonchev–Trinajstić information content (AvgIpc) is 3.23. The number of nitrogens with two attached hydrogens (primary N) is 1. The molecule has 21 nitrogen and oxygen atoms in total. The van der Waals surface area contributed by atoms with E-state index in [9.17, 15) is 33.4 Å². The highest BCUT2D eigenvalue weighted by molar-refractivity contribution is 7.48. The Morgan fingerprint density at radius 1 is 0.871 bits per heavy atom. The monoisotopic (exact) mass is 903 g/mol. The first kappa shape index (κ1) is 49.3. The van der Waals surface area contributed by atoms with Crippen molar-refractivity contribution in [2.75, 3.05) is 39.6 Å². The van der Waals surface area contributed by atoms with Gasteiger partial charge < -0.3 is 31.5 Å². The molecule has 3 aromatic rings. The van der Waals surface area contributed by atoms with Crippen LogP contribution in [0.3, 0.4) is 0 Å². The van der Waals surface area contributed by atoms with Crippen molar-refractivity contribution in [3.8, 4) is 5.75 Å². The Morgan fingerprint density at radius 2 is 1.52 bits per heavy atom. The predicted octanol–water partition coefficient (Wildman–Crippen LogP) is 4.84. The lowest BCUT2D eigenvalue weighted by atomic mass is 10.0. The topological polar surface area (TPSA) is 288 Å². The first-order chi connectivity index (χ1) is 29.6. The van der Waals surface area contributed by atoms with Crippen molar-refractivity contribution in [2.24, 2.45) is 10.7 Å². The minimum Gasteiger partial charge on any atom is -0.480 e. The van der Waals surface area contributed by atoms with E-state index in [1.165, 1.54) is 24.3 Å². The molecule has 2 heterocycles. The summed E-state index contributed by atoms with van der Waals surface area (Å²) in [6.07, 6.45) is 0.642. The van der Waals surface area contributed by atoms with Gasteiger partial charge in [-0.2, -0.15) is 4.99 Å². The number of hydrogen-bond acceptors (Lipinski definition) is 18. The van der Waals surface area contributed by atoms with Crippen LogP contribution < -0.4 is 26.4 Å². The van der Waals surface area contributed by atoms with Gasteiger partial charge in [-0.05, 0) is 76.8 Å². The van der Waals surface area contributed by atoms with Crippen LogP contribution in [0.4, 0.5) is 5.82 Å². The molecule has 0 bridgehead atoms. The quantitative estimate of drug-likeness (QED) is 0.0409. The number of amides is 2. The summed E-state index contributed by atoms with van der Waals surface area (Å²) < 4.78 is 63.3. The zero-order valence-electron chi connectivity index (χ0n) is 34.7. The Balaban J connectivity index is 1.33. The molecule has 0 saturated carbocycles. The van der Waals surface area contributed by atoms with Gasteiger partial charge in [0.25, 0.3) is 11.8 Å². The van der Waals surface area contributed by atoms with E-state index in [2.05, 4.69) is 37.5 Å². The Labute approximate surface area is 358 Å². The number of nitrogens with zero attached hydrogens (tertiary/aromatic N) is 3. The number of carboxylic acids is 1. The number of aliphatic imine (C=N–C) groups is 1. The Hall–Kier alpha value is -5.37. The highest BCUT2D eigenvalue weighted by Crippen LogP contribution is 2.52. The van der Waals surface area contributed by atoms with Gasteiger partial charge in [0, 0.05) is 18.5 Å². The number of carbonyl (C=O) groups is 4. The third-order valence-corrected chi connectivity index (χ3v) is 11.7. The van der Waals surface area contributed by atoms with Crippen LogP contribution in [0.5, 0.6) is 5.75 Å². The van der Waals surface area contributed by atoms with Crippen molar-refractivity contribution in [2.45, 2.75) is 65.5 Å². The smallest absolute Gasteiger partial charge is 0.475 e. The molecule has 62 heavy (non-hydrogen) atoms. The number of nitrogens with one attached hydrogen (secondary N) is 3. The summed E-state index contributed by atoms with van der Waals surface area (Å²) in [5.74, 6) is -3.30. The second-order valence-corrected chi connectivity index (χ2v) is 16.3. The maximum Gasteiger partial charge on any atom is 0.475 e. The molecule has 1 aromatic heterocycles. The number of carboxylic acid groups (broad SMARTS) is 1. The molecule has 0 fully saturated rings. The van der Waals surface area contributed by atoms with Crippen molar-refractivity contribution in [3.63, 3.8) is 0 Å². The lowest BCUT2D eigenvalue weighted by molar-refractivity contribution is -0.140. The van der Waals surface area contributed by atoms with E-state index in [0.29, 0.717) is 35.7 Å². The van der Waals surface area contributed by atoms with Gasteiger partial charge in [0.05, 0.1) is 56.2 Å². The number of esters is 1. The molecular weight excluding hydrogens is 852 g/mol. The molecule has 2 amide bonds. The summed E-state index contributed by atoms with van der Waals surface area (Å²) in [7, 11) is -8.23. The lowest BCUT2D eigenvalue weighted by Crippen LogP contribution is -2.41. The number of hydrogen-bond donors (Lipinski definition) is 5. The van der Waals surface area contributed by atoms with Crippen molar-refractivity contribution in [1.29, 1.82) is 0 Å². The van der Waals surface area contributed by atoms with Gasteiger partial charge in [-0.25, -0.2) is 23.9 Å². The van der Waals surface area contributed by atoms with E-state index >= 15 is 0 Å². The molecule has 0 radical (unpaired) electrons. The number of aryl methyl sites for hydroxylation is 2. The standard InChI is InChI=1S/C39H51N7O14P2/c1-6-54-61(52,55-7-2)58-24-29(60-62(53,56-8-3)57-9-4)23-42-37(49)30-12-10-11-13-32(30)59-33(47)21-20-31(38(50)51)45-36(48)27-17-14-26(15-18-27)16-19-28-22-41-35-34(44-28)25(5)43-39(40)46-35/h10-15,17-18,22,29,31H,5-9,16,19-21,23-24H2,1-4H3,(H,42,49)(H,45,48)(H,50,51)(H3,40,41,43,46)/t29?,31-/m1/s1. The summed E-state index contributed by atoms with van der Waals surface area (Å²) in [6, 6.07) is 10.9. The largest absolute Gasteiger partial charge is 0.480 e. The number of aromatic nitrogens is 2. The van der Waals surface area contributed by atoms with Gasteiger partial charge in [0.15, 0.2) is 11.8 Å². The molecule has 1 aliphatic heterocycles. The number of rotatable bonds is 26. The second-order valence-electron chi connectivity index (χ2n) is 13.0. The fourth-order valence-corrected chi connectivity index (χ4v) is 8.11. The third kappa shape index (κ3) is 14.9. The summed E-state index contributed by atoms with van der Waals surface area (Å²) >= 11 is 0. The first-order valence-electron chi connectivity index (χ1n) is 19.6. The maximum absolute atomic E-state index is 13.4. The van der Waals surface area contributed by atoms with Gasteiger partial charge in [0.2, 0.25) is 0 Å². The van der Waals surface area contributed by atoms with Gasteiger partial charge >= 0.3 is 27.6 Å². The molecule has 1 unspecified atom stereocenters. The van der Waals surface area contributed by atoms with E-state index in [-0.39, 0.29) is 55.7 Å². The fourth-order valence-electron chi connectivity index (χ4n) is 5.58. The van der Waals surface area contributed by atoms with E-state index in [1.54, 1.807) is 58.2 Å². The van der Waals surface area contributed by atoms with Crippen LogP contribution in [0.25, 0.3) is 5.70 Å². The van der Waals surface area contributed by atoms with Crippen molar-refractivity contribution in [3.05, 3.63) is 89.4 Å². The van der Waals surface area contributed by atoms with Crippen LogP contribution in [0.2, 0.25) is 0 Å². The van der Waals surface area contributed by atoms with Crippen molar-refractivity contribution in [1.82, 2.24) is 25.9 Å². The summed E-state index contributed by atoms with van der Waals surface area (Å²) in [5, 5.41) is 17.7. The van der Waals surface area contributed by atoms with Gasteiger partial charge in [-0.15, -0.1) is 0 Å². The number of fused-ring (bicyclic) bond motifs is 1. The molecule has 23 heteroatoms. The Bertz CT molecular complexity index is 2170. The molecule has 6 N–H and O–H groups in total. The number of phosphoric acid groups is 2. The SMILES string of the molecule is C=C1NC(N)=Nc2ncc(CCc3ccc(C(=O)N[C@H](CCC(=O)Oc4ccccc4C(=O)NCC(COP(=O)(OCC)OCC)OP(=O)(OCC)OCC)C(=O)O)cc3)nc21. The normalized spacial score (nSPS) is 13.5. The summed E-state index contributed by atoms with van der Waals surface area (Å²) in [6.45, 7) is 9.16. The highest BCUT2D eigenvalue weighted by Gasteiger charge is 2.34. The molecule has 336 valence electrons. The number of phosphoric ester groups is 2. The number of guanidine groups is 1. The Morgan fingerprint density at radius 3 is 2.16 bits per heavy atom. The maximum atomic E-state index is 13.4. The molecule has 2 aromatic carbocycles. The molecule has 2 atom stereocenters. The van der Waals surface area contributed by atoms with Gasteiger partial charge in [-0.3, -0.25) is 41.5 Å². The first-order valence-corrected chi connectivity index (χ1v) is 22.5. The second kappa shape index (κ2) is 23.7.